The first kappa shape index (κ1) is 34.8. The maximum Gasteiger partial charge on any atom is 0.524 e. The molecule has 3 aromatic rings. The zero-order valence-corrected chi connectivity index (χ0v) is 27.2. The minimum absolute atomic E-state index is 0.0505. The summed E-state index contributed by atoms with van der Waals surface area (Å²) in [4.78, 5) is 88.6. The maximum absolute atomic E-state index is 14.0. The van der Waals surface area contributed by atoms with Gasteiger partial charge in [0.1, 0.15) is 23.5 Å². The fraction of sp³-hybridized carbons (Fsp3) is 0.424. The molecule has 4 atom stereocenters. The van der Waals surface area contributed by atoms with Crippen molar-refractivity contribution in [3.8, 4) is 5.75 Å². The molecule has 2 aliphatic heterocycles. The largest absolute Gasteiger partial charge is 0.524 e. The molecule has 2 fully saturated rings. The molecule has 2 aliphatic rings. The zero-order valence-electron chi connectivity index (χ0n) is 26.3. The second-order valence-electron chi connectivity index (χ2n) is 12.3. The lowest BCUT2D eigenvalue weighted by atomic mass is 9.98. The Morgan fingerprint density at radius 2 is 1.75 bits per heavy atom. The number of nitrogens with zero attached hydrogens (tertiary/aromatic N) is 1. The molecule has 256 valence electrons. The van der Waals surface area contributed by atoms with Gasteiger partial charge >= 0.3 is 7.82 Å². The average molecular weight is 682 g/mol. The number of hydrogen-bond acceptors (Lipinski definition) is 7. The van der Waals surface area contributed by atoms with Crippen molar-refractivity contribution in [2.24, 2.45) is 5.73 Å². The second-order valence-corrected chi connectivity index (χ2v) is 13.5. The van der Waals surface area contributed by atoms with Crippen molar-refractivity contribution in [1.82, 2.24) is 20.5 Å². The van der Waals surface area contributed by atoms with E-state index >= 15 is 0 Å². The summed E-state index contributed by atoms with van der Waals surface area (Å²) in [5.74, 6) is -2.32. The molecule has 0 bridgehead atoms. The van der Waals surface area contributed by atoms with Crippen LogP contribution in [0, 0.1) is 0 Å². The molecule has 0 spiro atoms. The predicted octanol–water partition coefficient (Wildman–Crippen LogP) is 2.62. The first-order valence-corrected chi connectivity index (χ1v) is 17.6. The lowest BCUT2D eigenvalue weighted by Gasteiger charge is -2.35. The first-order chi connectivity index (χ1) is 22.9. The number of hydrogen-bond donors (Lipinski definition) is 6. The van der Waals surface area contributed by atoms with Crippen LogP contribution in [0.25, 0.3) is 10.9 Å². The molecule has 2 saturated heterocycles. The number of benzene rings is 2. The van der Waals surface area contributed by atoms with Crippen molar-refractivity contribution in [1.29, 1.82) is 0 Å². The van der Waals surface area contributed by atoms with Gasteiger partial charge in [0.25, 0.3) is 5.91 Å². The molecule has 7 N–H and O–H groups in total. The van der Waals surface area contributed by atoms with Crippen LogP contribution in [0.1, 0.15) is 73.8 Å². The third-order valence-corrected chi connectivity index (χ3v) is 9.34. The Kier molecular flexibility index (Phi) is 11.0. The van der Waals surface area contributed by atoms with Gasteiger partial charge in [0, 0.05) is 29.8 Å². The van der Waals surface area contributed by atoms with Crippen molar-refractivity contribution in [2.45, 2.75) is 88.4 Å². The molecule has 48 heavy (non-hydrogen) atoms. The highest BCUT2D eigenvalue weighted by Crippen LogP contribution is 2.38. The third-order valence-electron chi connectivity index (χ3n) is 8.89. The molecule has 15 heteroatoms. The van der Waals surface area contributed by atoms with Crippen molar-refractivity contribution in [2.75, 3.05) is 0 Å². The average Bonchev–Trinajstić information content (AvgIpc) is 3.66. The van der Waals surface area contributed by atoms with Crippen LogP contribution in [-0.4, -0.2) is 73.3 Å². The number of Topliss-reactive ketones (excluding diaryl/α,β-unsaturated/α-hetero) is 1. The van der Waals surface area contributed by atoms with Gasteiger partial charge in [0.15, 0.2) is 5.78 Å². The summed E-state index contributed by atoms with van der Waals surface area (Å²) in [6, 6.07) is 12.3. The predicted molar refractivity (Wildman–Crippen MR) is 174 cm³/mol. The van der Waals surface area contributed by atoms with E-state index in [0.717, 1.165) is 12.0 Å². The fourth-order valence-electron chi connectivity index (χ4n) is 6.54. The molecule has 3 heterocycles. The molecular formula is C33H40N5O9P. The molecule has 1 aromatic heterocycles. The summed E-state index contributed by atoms with van der Waals surface area (Å²) in [6.45, 7) is 0. The van der Waals surface area contributed by atoms with E-state index in [2.05, 4.69) is 20.1 Å². The maximum atomic E-state index is 14.0. The second kappa shape index (κ2) is 15.1. The molecule has 4 amide bonds. The highest BCUT2D eigenvalue weighted by Gasteiger charge is 2.44. The highest BCUT2D eigenvalue weighted by atomic mass is 31.2. The van der Waals surface area contributed by atoms with Crippen LogP contribution in [0.3, 0.4) is 0 Å². The molecule has 0 aliphatic carbocycles. The Labute approximate surface area is 277 Å². The van der Waals surface area contributed by atoms with Gasteiger partial charge in [-0.1, -0.05) is 43.2 Å². The number of carbonyl (C=O) groups is 5. The smallest absolute Gasteiger partial charge is 0.404 e. The number of rotatable bonds is 13. The quantitative estimate of drug-likeness (QED) is 0.146. The molecule has 14 nitrogen and oxygen atoms in total. The minimum Gasteiger partial charge on any atom is -0.404 e. The summed E-state index contributed by atoms with van der Waals surface area (Å²) in [6.07, 6.45) is 4.14. The van der Waals surface area contributed by atoms with E-state index in [1.54, 1.807) is 4.90 Å². The molecule has 0 radical (unpaired) electrons. The van der Waals surface area contributed by atoms with Crippen LogP contribution in [-0.2, 0) is 30.2 Å². The normalized spacial score (nSPS) is 20.3. The number of H-pyrrole nitrogens is 1. The van der Waals surface area contributed by atoms with E-state index in [0.29, 0.717) is 49.4 Å². The van der Waals surface area contributed by atoms with Crippen LogP contribution >= 0.6 is 7.82 Å². The SMILES string of the molecule is NC(=O)CC[C@H](NC(=O)[C@@H]1CC[C@@H]2CCCC[C@H](NC(=O)c3cc4cc(OP(=O)(O)O)ccc4[nH]3)C(=O)N21)C(=O)CCc1ccccc1. The summed E-state index contributed by atoms with van der Waals surface area (Å²) in [7, 11) is -4.77. The van der Waals surface area contributed by atoms with Gasteiger partial charge in [0.05, 0.1) is 6.04 Å². The number of nitrogens with one attached hydrogen (secondary N) is 3. The summed E-state index contributed by atoms with van der Waals surface area (Å²) >= 11 is 0. The van der Waals surface area contributed by atoms with E-state index in [1.165, 1.54) is 24.3 Å². The number of carbonyl (C=O) groups excluding carboxylic acids is 5. The molecule has 5 rings (SSSR count). The molecule has 0 unspecified atom stereocenters. The monoisotopic (exact) mass is 681 g/mol. The van der Waals surface area contributed by atoms with Gasteiger partial charge in [-0.15, -0.1) is 0 Å². The number of primary amides is 1. The van der Waals surface area contributed by atoms with Crippen LogP contribution in [0.4, 0.5) is 0 Å². The van der Waals surface area contributed by atoms with Crippen LogP contribution in [0.5, 0.6) is 5.75 Å². The Morgan fingerprint density at radius 3 is 2.48 bits per heavy atom. The van der Waals surface area contributed by atoms with E-state index in [4.69, 9.17) is 15.5 Å². The fourth-order valence-corrected chi connectivity index (χ4v) is 6.93. The number of phosphoric ester groups is 1. The van der Waals surface area contributed by atoms with Crippen LogP contribution in [0.2, 0.25) is 0 Å². The van der Waals surface area contributed by atoms with E-state index in [9.17, 15) is 28.5 Å². The van der Waals surface area contributed by atoms with Crippen molar-refractivity contribution < 1.29 is 42.8 Å². The number of phosphoric acid groups is 1. The lowest BCUT2D eigenvalue weighted by molar-refractivity contribution is -0.143. The first-order valence-electron chi connectivity index (χ1n) is 16.0. The number of fused-ring (bicyclic) bond motifs is 2. The topological polar surface area (TPSA) is 221 Å². The highest BCUT2D eigenvalue weighted by molar-refractivity contribution is 7.46. The van der Waals surface area contributed by atoms with Gasteiger partial charge in [-0.05, 0) is 68.4 Å². The number of aromatic amines is 1. The van der Waals surface area contributed by atoms with Gasteiger partial charge < -0.3 is 30.8 Å². The number of aromatic nitrogens is 1. The van der Waals surface area contributed by atoms with E-state index in [-0.39, 0.29) is 48.4 Å². The minimum atomic E-state index is -4.77. The van der Waals surface area contributed by atoms with E-state index < -0.39 is 43.7 Å². The summed E-state index contributed by atoms with van der Waals surface area (Å²) in [5.41, 5.74) is 6.97. The van der Waals surface area contributed by atoms with Crippen molar-refractivity contribution >= 4 is 48.1 Å². The Balaban J connectivity index is 1.28. The summed E-state index contributed by atoms with van der Waals surface area (Å²) in [5, 5.41) is 6.09. The lowest BCUT2D eigenvalue weighted by Crippen LogP contribution is -2.57. The van der Waals surface area contributed by atoms with Crippen molar-refractivity contribution in [3.05, 3.63) is 65.9 Å². The van der Waals surface area contributed by atoms with Crippen LogP contribution in [0.15, 0.2) is 54.6 Å². The third kappa shape index (κ3) is 8.88. The number of nitrogens with two attached hydrogens (primary N) is 1. The van der Waals surface area contributed by atoms with Crippen LogP contribution < -0.4 is 20.9 Å². The zero-order chi connectivity index (χ0) is 34.4. The van der Waals surface area contributed by atoms with Gasteiger partial charge in [-0.25, -0.2) is 4.57 Å². The number of ketones is 1. The van der Waals surface area contributed by atoms with Gasteiger partial charge in [-0.2, -0.15) is 0 Å². The Hall–Kier alpha value is -4.52. The van der Waals surface area contributed by atoms with E-state index in [1.807, 2.05) is 30.3 Å². The van der Waals surface area contributed by atoms with Crippen molar-refractivity contribution in [3.63, 3.8) is 0 Å². The molecule has 0 saturated carbocycles. The Bertz CT molecular complexity index is 1720. The molecular weight excluding hydrogens is 641 g/mol. The van der Waals surface area contributed by atoms with Gasteiger partial charge in [-0.3, -0.25) is 33.8 Å². The number of aryl methyl sites for hydroxylation is 1. The standard InChI is InChI=1S/C33H40N5O9P/c34-30(40)17-14-25(29(39)16-10-20-6-2-1-3-7-20)36-32(42)28-15-11-22-8-4-5-9-26(33(43)38(22)28)37-31(41)27-19-21-18-23(47-48(44,45)46)12-13-24(21)35-27/h1-3,6-7,12-13,18-19,22,25-26,28,35H,4-5,8-11,14-17H2,(H2,34,40)(H,36,42)(H,37,41)(H2,44,45,46)/t22-,25-,26-,28-/m0/s1. The Morgan fingerprint density at radius 1 is 1.00 bits per heavy atom. The number of amides is 4. The summed E-state index contributed by atoms with van der Waals surface area (Å²) < 4.78 is 15.8. The van der Waals surface area contributed by atoms with Gasteiger partial charge in [0.2, 0.25) is 17.7 Å². The molecule has 2 aromatic carbocycles.